The van der Waals surface area contributed by atoms with Gasteiger partial charge in [0.1, 0.15) is 12.9 Å². The van der Waals surface area contributed by atoms with Gasteiger partial charge in [0.25, 0.3) is 0 Å². The molecule has 17 heavy (non-hydrogen) atoms. The molecule has 0 aromatic carbocycles. The van der Waals surface area contributed by atoms with E-state index in [0.717, 1.165) is 18.6 Å². The lowest BCUT2D eigenvalue weighted by Gasteiger charge is -1.94. The van der Waals surface area contributed by atoms with Crippen LogP contribution >= 0.6 is 54.5 Å². The quantitative estimate of drug-likeness (QED) is 0.455. The molecule has 0 unspecified atom stereocenters. The van der Waals surface area contributed by atoms with Crippen molar-refractivity contribution in [2.45, 2.75) is 0 Å². The van der Waals surface area contributed by atoms with E-state index in [1.807, 2.05) is 12.1 Å². The molecule has 0 atom stereocenters. The Labute approximate surface area is 130 Å². The monoisotopic (exact) mass is 470 g/mol. The van der Waals surface area contributed by atoms with E-state index >= 15 is 0 Å². The summed E-state index contributed by atoms with van der Waals surface area (Å²) in [4.78, 5) is 7.92. The minimum absolute atomic E-state index is 0.688. The van der Waals surface area contributed by atoms with E-state index in [1.54, 1.807) is 18.3 Å². The Bertz CT molecular complexity index is 469. The number of pyridine rings is 2. The molecule has 7 heteroatoms. The average Bonchev–Trinajstić information content (AvgIpc) is 2.29. The van der Waals surface area contributed by atoms with Crippen LogP contribution in [0.15, 0.2) is 39.7 Å². The zero-order valence-electron chi connectivity index (χ0n) is 8.57. The highest BCUT2D eigenvalue weighted by molar-refractivity contribution is 14.1. The van der Waals surface area contributed by atoms with Gasteiger partial charge < -0.3 is 11.5 Å². The van der Waals surface area contributed by atoms with Gasteiger partial charge in [-0.2, -0.15) is 0 Å². The van der Waals surface area contributed by atoms with Crippen molar-refractivity contribution in [2.24, 2.45) is 0 Å². The Morgan fingerprint density at radius 3 is 2.06 bits per heavy atom. The van der Waals surface area contributed by atoms with Gasteiger partial charge >= 0.3 is 0 Å². The van der Waals surface area contributed by atoms with Crippen molar-refractivity contribution in [1.29, 1.82) is 0 Å². The maximum atomic E-state index is 5.50. The molecule has 0 saturated carbocycles. The molecule has 2 heterocycles. The molecule has 4 nitrogen and oxygen atoms in total. The first-order chi connectivity index (χ1) is 7.99. The third-order valence-electron chi connectivity index (χ3n) is 1.59. The van der Waals surface area contributed by atoms with Crippen LogP contribution in [0.25, 0.3) is 0 Å². The highest BCUT2D eigenvalue weighted by atomic mass is 127. The zero-order chi connectivity index (χ0) is 12.8. The van der Waals surface area contributed by atoms with Crippen molar-refractivity contribution in [3.63, 3.8) is 0 Å². The molecule has 0 radical (unpaired) electrons. The van der Waals surface area contributed by atoms with Crippen LogP contribution in [-0.2, 0) is 0 Å². The van der Waals surface area contributed by atoms with Crippen LogP contribution in [0.4, 0.5) is 11.4 Å². The average molecular weight is 472 g/mol. The molecule has 2 aromatic heterocycles. The molecule has 4 N–H and O–H groups in total. The van der Waals surface area contributed by atoms with Crippen molar-refractivity contribution in [1.82, 2.24) is 9.97 Å². The van der Waals surface area contributed by atoms with E-state index in [1.165, 1.54) is 0 Å². The Balaban J connectivity index is 0.000000171. The second-order valence-corrected chi connectivity index (χ2v) is 5.58. The molecule has 90 valence electrons. The molecule has 0 spiro atoms. The number of nitrogen functional groups attached to an aromatic ring is 2. The standard InChI is InChI=1S/C5H4BrIN2.C5H5BrN2/c6-4-2-1-3(8)5(7)9-4;6-5-2-1-4(7)3-8-5/h1-2H,8H2;1-3H,7H2. The third kappa shape index (κ3) is 5.64. The number of hydrogen-bond donors (Lipinski definition) is 2. The van der Waals surface area contributed by atoms with Gasteiger partial charge in [-0.3, -0.25) is 0 Å². The van der Waals surface area contributed by atoms with Gasteiger partial charge in [-0.25, -0.2) is 9.97 Å². The number of halogens is 3. The van der Waals surface area contributed by atoms with E-state index < -0.39 is 0 Å². The van der Waals surface area contributed by atoms with Gasteiger partial charge in [0.15, 0.2) is 0 Å². The fraction of sp³-hybridized carbons (Fsp3) is 0. The van der Waals surface area contributed by atoms with E-state index in [9.17, 15) is 0 Å². The van der Waals surface area contributed by atoms with Crippen LogP contribution < -0.4 is 11.5 Å². The highest BCUT2D eigenvalue weighted by Gasteiger charge is 1.94. The zero-order valence-corrected chi connectivity index (χ0v) is 13.9. The molecule has 0 saturated heterocycles. The minimum Gasteiger partial charge on any atom is -0.397 e. The predicted octanol–water partition coefficient (Wildman–Crippen LogP) is 3.46. The van der Waals surface area contributed by atoms with Crippen molar-refractivity contribution in [3.8, 4) is 0 Å². The summed E-state index contributed by atoms with van der Waals surface area (Å²) in [7, 11) is 0. The summed E-state index contributed by atoms with van der Waals surface area (Å²) in [6, 6.07) is 7.22. The first kappa shape index (κ1) is 14.7. The van der Waals surface area contributed by atoms with Gasteiger partial charge in [0, 0.05) is 0 Å². The van der Waals surface area contributed by atoms with Crippen LogP contribution in [0.3, 0.4) is 0 Å². The number of rotatable bonds is 0. The number of nitrogens with two attached hydrogens (primary N) is 2. The Kier molecular flexibility index (Phi) is 6.14. The number of anilines is 2. The normalized spacial score (nSPS) is 9.35. The number of aromatic nitrogens is 2. The van der Waals surface area contributed by atoms with Gasteiger partial charge in [0.05, 0.1) is 17.6 Å². The van der Waals surface area contributed by atoms with Gasteiger partial charge in [-0.05, 0) is 78.7 Å². The first-order valence-electron chi connectivity index (χ1n) is 4.43. The predicted molar refractivity (Wildman–Crippen MR) is 85.4 cm³/mol. The van der Waals surface area contributed by atoms with Gasteiger partial charge in [0.2, 0.25) is 0 Å². The summed E-state index contributed by atoms with van der Waals surface area (Å²) < 4.78 is 2.47. The van der Waals surface area contributed by atoms with Gasteiger partial charge in [-0.15, -0.1) is 0 Å². The second-order valence-electron chi connectivity index (χ2n) is 2.93. The summed E-state index contributed by atoms with van der Waals surface area (Å²) in [6.45, 7) is 0. The van der Waals surface area contributed by atoms with Crippen LogP contribution in [0.1, 0.15) is 0 Å². The molecule has 0 aliphatic heterocycles. The largest absolute Gasteiger partial charge is 0.397 e. The minimum atomic E-state index is 0.688. The molecule has 0 fully saturated rings. The van der Waals surface area contributed by atoms with Crippen molar-refractivity contribution < 1.29 is 0 Å². The van der Waals surface area contributed by atoms with E-state index in [-0.39, 0.29) is 0 Å². The maximum absolute atomic E-state index is 5.50. The Hall–Kier alpha value is -0.410. The number of nitrogens with zero attached hydrogens (tertiary/aromatic N) is 2. The topological polar surface area (TPSA) is 77.8 Å². The van der Waals surface area contributed by atoms with Crippen molar-refractivity contribution in [3.05, 3.63) is 43.4 Å². The van der Waals surface area contributed by atoms with E-state index in [0.29, 0.717) is 5.69 Å². The van der Waals surface area contributed by atoms with Crippen LogP contribution in [0.2, 0.25) is 0 Å². The van der Waals surface area contributed by atoms with Crippen molar-refractivity contribution in [2.75, 3.05) is 11.5 Å². The lowest BCUT2D eigenvalue weighted by atomic mass is 10.4. The molecular weight excluding hydrogens is 463 g/mol. The molecule has 2 rings (SSSR count). The van der Waals surface area contributed by atoms with Crippen LogP contribution in [0.5, 0.6) is 0 Å². The Morgan fingerprint density at radius 2 is 1.65 bits per heavy atom. The second kappa shape index (κ2) is 7.12. The molecule has 0 aliphatic rings. The molecule has 0 bridgehead atoms. The van der Waals surface area contributed by atoms with Crippen LogP contribution in [-0.4, -0.2) is 9.97 Å². The summed E-state index contributed by atoms with van der Waals surface area (Å²) >= 11 is 8.49. The lowest BCUT2D eigenvalue weighted by molar-refractivity contribution is 1.23. The third-order valence-corrected chi connectivity index (χ3v) is 3.37. The number of hydrogen-bond acceptors (Lipinski definition) is 4. The summed E-state index contributed by atoms with van der Waals surface area (Å²) in [5.74, 6) is 0. The summed E-state index contributed by atoms with van der Waals surface area (Å²) in [5.41, 5.74) is 12.3. The maximum Gasteiger partial charge on any atom is 0.125 e. The smallest absolute Gasteiger partial charge is 0.125 e. The highest BCUT2D eigenvalue weighted by Crippen LogP contribution is 2.14. The van der Waals surface area contributed by atoms with Crippen molar-refractivity contribution >= 4 is 65.8 Å². The molecular formula is C10H9Br2IN4. The lowest BCUT2D eigenvalue weighted by Crippen LogP contribution is -1.91. The molecule has 0 amide bonds. The first-order valence-corrected chi connectivity index (χ1v) is 7.10. The SMILES string of the molecule is Nc1ccc(Br)nc1.Nc1ccc(Br)nc1I. The van der Waals surface area contributed by atoms with Gasteiger partial charge in [-0.1, -0.05) is 0 Å². The Morgan fingerprint density at radius 1 is 1.00 bits per heavy atom. The fourth-order valence-electron chi connectivity index (χ4n) is 0.810. The fourth-order valence-corrected chi connectivity index (χ4v) is 2.13. The molecule has 0 aliphatic carbocycles. The van der Waals surface area contributed by atoms with E-state index in [2.05, 4.69) is 64.4 Å². The summed E-state index contributed by atoms with van der Waals surface area (Å²) in [5, 5.41) is 0. The van der Waals surface area contributed by atoms with E-state index in [4.69, 9.17) is 11.5 Å². The summed E-state index contributed by atoms with van der Waals surface area (Å²) in [6.07, 6.45) is 1.60. The molecule has 2 aromatic rings. The van der Waals surface area contributed by atoms with Crippen LogP contribution in [0, 0.1) is 3.70 Å².